The van der Waals surface area contributed by atoms with Crippen molar-refractivity contribution in [1.82, 2.24) is 0 Å². The molecule has 0 bridgehead atoms. The number of ether oxygens (including phenoxy) is 1. The maximum atomic E-state index is 14.4. The summed E-state index contributed by atoms with van der Waals surface area (Å²) in [6, 6.07) is 9.63. The van der Waals surface area contributed by atoms with Gasteiger partial charge in [-0.3, -0.25) is 4.79 Å². The highest BCUT2D eigenvalue weighted by Gasteiger charge is 2.16. The average molecular weight is 414 g/mol. The Kier molecular flexibility index (Phi) is 5.38. The Bertz CT molecular complexity index is 766. The minimum atomic E-state index is -0.383. The van der Waals surface area contributed by atoms with E-state index >= 15 is 0 Å². The van der Waals surface area contributed by atoms with Crippen molar-refractivity contribution in [2.75, 3.05) is 36.5 Å². The number of rotatable bonds is 3. The quantitative estimate of drug-likeness (QED) is 0.814. The fourth-order valence-electron chi connectivity index (χ4n) is 2.52. The highest BCUT2D eigenvalue weighted by atomic mass is 79.9. The second-order valence-corrected chi connectivity index (χ2v) is 6.67. The van der Waals surface area contributed by atoms with Gasteiger partial charge in [-0.25, -0.2) is 4.39 Å². The first kappa shape index (κ1) is 17.2. The smallest absolute Gasteiger partial charge is 0.257 e. The van der Waals surface area contributed by atoms with Crippen molar-refractivity contribution in [2.24, 2.45) is 0 Å². The van der Waals surface area contributed by atoms with Crippen molar-refractivity contribution in [3.8, 4) is 0 Å². The largest absolute Gasteiger partial charge is 0.378 e. The lowest BCUT2D eigenvalue weighted by Crippen LogP contribution is -2.36. The minimum Gasteiger partial charge on any atom is -0.378 e. The molecular formula is C17H15BrClFN2O2. The number of hydrogen-bond donors (Lipinski definition) is 1. The number of nitrogens with one attached hydrogen (secondary N) is 1. The molecule has 0 aromatic heterocycles. The van der Waals surface area contributed by atoms with Crippen LogP contribution in [0.15, 0.2) is 40.9 Å². The van der Waals surface area contributed by atoms with E-state index in [1.807, 2.05) is 4.90 Å². The van der Waals surface area contributed by atoms with Gasteiger partial charge in [-0.2, -0.15) is 0 Å². The molecule has 24 heavy (non-hydrogen) atoms. The lowest BCUT2D eigenvalue weighted by Gasteiger charge is -2.29. The molecule has 1 saturated heterocycles. The van der Waals surface area contributed by atoms with E-state index in [2.05, 4.69) is 21.2 Å². The third-order valence-corrected chi connectivity index (χ3v) is 4.54. The van der Waals surface area contributed by atoms with Crippen LogP contribution in [-0.4, -0.2) is 32.2 Å². The van der Waals surface area contributed by atoms with Crippen molar-refractivity contribution in [1.29, 1.82) is 0 Å². The van der Waals surface area contributed by atoms with Gasteiger partial charge in [0.2, 0.25) is 0 Å². The molecule has 0 atom stereocenters. The highest BCUT2D eigenvalue weighted by Crippen LogP contribution is 2.26. The predicted molar refractivity (Wildman–Crippen MR) is 96.5 cm³/mol. The Balaban J connectivity index is 1.75. The van der Waals surface area contributed by atoms with Gasteiger partial charge in [-0.15, -0.1) is 0 Å². The lowest BCUT2D eigenvalue weighted by atomic mass is 10.2. The summed E-state index contributed by atoms with van der Waals surface area (Å²) in [7, 11) is 0. The molecule has 1 aliphatic rings. The number of carbonyl (C=O) groups excluding carboxylic acids is 1. The van der Waals surface area contributed by atoms with E-state index in [1.54, 1.807) is 30.3 Å². The van der Waals surface area contributed by atoms with Crippen LogP contribution in [0.3, 0.4) is 0 Å². The summed E-state index contributed by atoms with van der Waals surface area (Å²) in [6.07, 6.45) is 0. The van der Waals surface area contributed by atoms with Gasteiger partial charge in [0.05, 0.1) is 29.5 Å². The fraction of sp³-hybridized carbons (Fsp3) is 0.235. The predicted octanol–water partition coefficient (Wildman–Crippen LogP) is 4.33. The normalized spacial score (nSPS) is 14.5. The van der Waals surface area contributed by atoms with E-state index < -0.39 is 0 Å². The molecule has 0 unspecified atom stereocenters. The molecule has 4 nitrogen and oxygen atoms in total. The fourth-order valence-corrected chi connectivity index (χ4v) is 3.28. The molecule has 1 fully saturated rings. The van der Waals surface area contributed by atoms with E-state index in [-0.39, 0.29) is 11.7 Å². The van der Waals surface area contributed by atoms with Crippen molar-refractivity contribution >= 4 is 44.8 Å². The summed E-state index contributed by atoms with van der Waals surface area (Å²) in [6.45, 7) is 2.47. The molecule has 126 valence electrons. The zero-order chi connectivity index (χ0) is 17.1. The van der Waals surface area contributed by atoms with Crippen LogP contribution in [0.1, 0.15) is 10.4 Å². The monoisotopic (exact) mass is 412 g/mol. The number of benzene rings is 2. The summed E-state index contributed by atoms with van der Waals surface area (Å²) < 4.78 is 20.4. The van der Waals surface area contributed by atoms with Crippen LogP contribution in [-0.2, 0) is 4.74 Å². The van der Waals surface area contributed by atoms with Crippen molar-refractivity contribution in [2.45, 2.75) is 0 Å². The highest BCUT2D eigenvalue weighted by molar-refractivity contribution is 9.10. The SMILES string of the molecule is O=C(Nc1ccc(N2CCOCC2)c(F)c1)c1ccc(Br)cc1Cl. The van der Waals surface area contributed by atoms with Gasteiger partial charge in [0.15, 0.2) is 0 Å². The first-order valence-corrected chi connectivity index (χ1v) is 8.60. The second kappa shape index (κ2) is 7.51. The van der Waals surface area contributed by atoms with Gasteiger partial charge >= 0.3 is 0 Å². The number of hydrogen-bond acceptors (Lipinski definition) is 3. The average Bonchev–Trinajstić information content (AvgIpc) is 2.55. The molecular weight excluding hydrogens is 399 g/mol. The molecule has 1 N–H and O–H groups in total. The van der Waals surface area contributed by atoms with E-state index in [0.717, 1.165) is 4.47 Å². The van der Waals surface area contributed by atoms with Crippen LogP contribution in [0.2, 0.25) is 5.02 Å². The van der Waals surface area contributed by atoms with Gasteiger partial charge in [-0.05, 0) is 36.4 Å². The van der Waals surface area contributed by atoms with Crippen LogP contribution in [0, 0.1) is 5.82 Å². The third-order valence-electron chi connectivity index (χ3n) is 3.73. The maximum Gasteiger partial charge on any atom is 0.257 e. The first-order valence-electron chi connectivity index (χ1n) is 7.43. The van der Waals surface area contributed by atoms with Gasteiger partial charge in [-0.1, -0.05) is 27.5 Å². The molecule has 0 radical (unpaired) electrons. The number of anilines is 2. The Labute approximate surface area is 152 Å². The summed E-state index contributed by atoms with van der Waals surface area (Å²) in [4.78, 5) is 14.2. The van der Waals surface area contributed by atoms with Crippen molar-refractivity contribution in [3.63, 3.8) is 0 Å². The minimum absolute atomic E-state index is 0.326. The number of halogens is 3. The van der Waals surface area contributed by atoms with Crippen molar-refractivity contribution < 1.29 is 13.9 Å². The summed E-state index contributed by atoms with van der Waals surface area (Å²) in [5.74, 6) is -0.761. The zero-order valence-corrected chi connectivity index (χ0v) is 15.0. The van der Waals surface area contributed by atoms with E-state index in [9.17, 15) is 9.18 Å². The molecule has 1 aliphatic heterocycles. The second-order valence-electron chi connectivity index (χ2n) is 5.34. The maximum absolute atomic E-state index is 14.4. The molecule has 0 aliphatic carbocycles. The number of morpholine rings is 1. The Morgan fingerprint density at radius 1 is 1.21 bits per heavy atom. The van der Waals surface area contributed by atoms with Gasteiger partial charge in [0, 0.05) is 23.2 Å². The van der Waals surface area contributed by atoms with Gasteiger partial charge in [0.1, 0.15) is 5.82 Å². The van der Waals surface area contributed by atoms with E-state index in [1.165, 1.54) is 6.07 Å². The third kappa shape index (κ3) is 3.88. The van der Waals surface area contributed by atoms with Crippen LogP contribution < -0.4 is 10.2 Å². The topological polar surface area (TPSA) is 41.6 Å². The number of carbonyl (C=O) groups is 1. The van der Waals surface area contributed by atoms with Gasteiger partial charge in [0.25, 0.3) is 5.91 Å². The van der Waals surface area contributed by atoms with Crippen LogP contribution >= 0.6 is 27.5 Å². The Morgan fingerprint density at radius 3 is 2.62 bits per heavy atom. The van der Waals surface area contributed by atoms with Crippen LogP contribution in [0.4, 0.5) is 15.8 Å². The standard InChI is InChI=1S/C17H15BrClFN2O2/c18-11-1-3-13(14(19)9-11)17(23)21-12-2-4-16(15(20)10-12)22-5-7-24-8-6-22/h1-4,9-10H,5-8H2,(H,21,23). The first-order chi connectivity index (χ1) is 11.5. The van der Waals surface area contributed by atoms with E-state index in [0.29, 0.717) is 48.3 Å². The molecule has 1 heterocycles. The number of amides is 1. The van der Waals surface area contributed by atoms with Crippen molar-refractivity contribution in [3.05, 3.63) is 57.3 Å². The molecule has 2 aromatic carbocycles. The van der Waals surface area contributed by atoms with Crippen LogP contribution in [0.25, 0.3) is 0 Å². The zero-order valence-electron chi connectivity index (χ0n) is 12.7. The summed E-state index contributed by atoms with van der Waals surface area (Å²) in [5.41, 5.74) is 1.23. The van der Waals surface area contributed by atoms with Crippen LogP contribution in [0.5, 0.6) is 0 Å². The summed E-state index contributed by atoms with van der Waals surface area (Å²) in [5, 5.41) is 2.99. The summed E-state index contributed by atoms with van der Waals surface area (Å²) >= 11 is 9.35. The molecule has 3 rings (SSSR count). The Hall–Kier alpha value is -1.63. The lowest BCUT2D eigenvalue weighted by molar-refractivity contribution is 0.102. The van der Waals surface area contributed by atoms with E-state index in [4.69, 9.17) is 16.3 Å². The number of nitrogens with zero attached hydrogens (tertiary/aromatic N) is 1. The Morgan fingerprint density at radius 2 is 1.96 bits per heavy atom. The van der Waals surface area contributed by atoms with Gasteiger partial charge < -0.3 is 15.0 Å². The molecule has 2 aromatic rings. The molecule has 7 heteroatoms. The molecule has 0 spiro atoms. The molecule has 0 saturated carbocycles. The molecule has 1 amide bonds.